The van der Waals surface area contributed by atoms with Gasteiger partial charge in [-0.25, -0.2) is 0 Å². The Bertz CT molecular complexity index is 455. The molecular weight excluding hydrogens is 186 g/mol. The van der Waals surface area contributed by atoms with Crippen LogP contribution in [0.3, 0.4) is 0 Å². The first kappa shape index (κ1) is 8.92. The SMILES string of the molecule is c1cnc2ccn(C3CCNCC3)c2c1. The summed E-state index contributed by atoms with van der Waals surface area (Å²) < 4.78 is 2.38. The molecule has 1 N–H and O–H groups in total. The van der Waals surface area contributed by atoms with E-state index in [0.29, 0.717) is 6.04 Å². The van der Waals surface area contributed by atoms with Gasteiger partial charge in [0.15, 0.2) is 0 Å². The highest BCUT2D eigenvalue weighted by atomic mass is 15.0. The van der Waals surface area contributed by atoms with Gasteiger partial charge in [0.1, 0.15) is 0 Å². The van der Waals surface area contributed by atoms with Crippen LogP contribution in [-0.4, -0.2) is 22.6 Å². The van der Waals surface area contributed by atoms with Crippen molar-refractivity contribution in [2.75, 3.05) is 13.1 Å². The zero-order valence-corrected chi connectivity index (χ0v) is 8.69. The monoisotopic (exact) mass is 201 g/mol. The third kappa shape index (κ3) is 1.53. The summed E-state index contributed by atoms with van der Waals surface area (Å²) in [7, 11) is 0. The molecule has 3 rings (SSSR count). The standard InChI is InChI=1S/C12H15N3/c1-2-12-11(14-6-1)5-9-15(12)10-3-7-13-8-4-10/h1-2,5-6,9-10,13H,3-4,7-8H2. The van der Waals surface area contributed by atoms with E-state index in [0.717, 1.165) is 18.6 Å². The first-order chi connectivity index (χ1) is 7.45. The lowest BCUT2D eigenvalue weighted by Crippen LogP contribution is -2.29. The van der Waals surface area contributed by atoms with Crippen LogP contribution in [0.25, 0.3) is 11.0 Å². The molecule has 0 unspecified atom stereocenters. The summed E-state index contributed by atoms with van der Waals surface area (Å²) in [5.74, 6) is 0. The van der Waals surface area contributed by atoms with E-state index >= 15 is 0 Å². The molecular formula is C12H15N3. The van der Waals surface area contributed by atoms with Gasteiger partial charge in [-0.05, 0) is 44.1 Å². The lowest BCUT2D eigenvalue weighted by Gasteiger charge is -2.24. The lowest BCUT2D eigenvalue weighted by molar-refractivity contribution is 0.376. The van der Waals surface area contributed by atoms with Gasteiger partial charge in [0, 0.05) is 18.4 Å². The molecule has 0 radical (unpaired) electrons. The third-order valence-corrected chi connectivity index (χ3v) is 3.19. The Morgan fingerprint density at radius 2 is 2.13 bits per heavy atom. The molecule has 1 saturated heterocycles. The maximum atomic E-state index is 4.36. The molecule has 2 aromatic heterocycles. The van der Waals surface area contributed by atoms with Crippen LogP contribution >= 0.6 is 0 Å². The molecule has 0 saturated carbocycles. The molecule has 3 heteroatoms. The predicted octanol–water partition coefficient (Wildman–Crippen LogP) is 1.96. The second-order valence-electron chi connectivity index (χ2n) is 4.11. The van der Waals surface area contributed by atoms with E-state index in [-0.39, 0.29) is 0 Å². The van der Waals surface area contributed by atoms with Gasteiger partial charge in [-0.1, -0.05) is 0 Å². The number of rotatable bonds is 1. The summed E-state index contributed by atoms with van der Waals surface area (Å²) in [6.45, 7) is 2.26. The summed E-state index contributed by atoms with van der Waals surface area (Å²) in [6.07, 6.45) is 6.47. The van der Waals surface area contributed by atoms with E-state index in [9.17, 15) is 0 Å². The van der Waals surface area contributed by atoms with Crippen molar-refractivity contribution in [2.24, 2.45) is 0 Å². The molecule has 3 nitrogen and oxygen atoms in total. The molecule has 1 fully saturated rings. The highest BCUT2D eigenvalue weighted by Gasteiger charge is 2.15. The van der Waals surface area contributed by atoms with Crippen LogP contribution in [-0.2, 0) is 0 Å². The number of aromatic nitrogens is 2. The van der Waals surface area contributed by atoms with Crippen molar-refractivity contribution in [3.63, 3.8) is 0 Å². The minimum atomic E-state index is 0.646. The maximum absolute atomic E-state index is 4.36. The third-order valence-electron chi connectivity index (χ3n) is 3.19. The molecule has 78 valence electrons. The van der Waals surface area contributed by atoms with Gasteiger partial charge in [0.2, 0.25) is 0 Å². The molecule has 0 aliphatic carbocycles. The van der Waals surface area contributed by atoms with E-state index in [2.05, 4.69) is 33.2 Å². The zero-order chi connectivity index (χ0) is 10.1. The van der Waals surface area contributed by atoms with Crippen LogP contribution in [0, 0.1) is 0 Å². The number of hydrogen-bond donors (Lipinski definition) is 1. The molecule has 3 heterocycles. The van der Waals surface area contributed by atoms with Crippen LogP contribution in [0.2, 0.25) is 0 Å². The van der Waals surface area contributed by atoms with Gasteiger partial charge in [0.25, 0.3) is 0 Å². The summed E-state index contributed by atoms with van der Waals surface area (Å²) >= 11 is 0. The van der Waals surface area contributed by atoms with Gasteiger partial charge in [-0.3, -0.25) is 4.98 Å². The molecule has 1 aliphatic heterocycles. The van der Waals surface area contributed by atoms with Crippen molar-refractivity contribution >= 4 is 11.0 Å². The summed E-state index contributed by atoms with van der Waals surface area (Å²) in [5.41, 5.74) is 2.38. The Kier molecular flexibility index (Phi) is 2.18. The number of hydrogen-bond acceptors (Lipinski definition) is 2. The molecule has 0 atom stereocenters. The fourth-order valence-electron chi connectivity index (χ4n) is 2.39. The Hall–Kier alpha value is -1.35. The fourth-order valence-corrected chi connectivity index (χ4v) is 2.39. The number of pyridine rings is 1. The summed E-state index contributed by atoms with van der Waals surface area (Å²) in [6, 6.07) is 6.93. The molecule has 0 amide bonds. The Balaban J connectivity index is 2.02. The largest absolute Gasteiger partial charge is 0.343 e. The zero-order valence-electron chi connectivity index (χ0n) is 8.69. The van der Waals surface area contributed by atoms with E-state index in [4.69, 9.17) is 0 Å². The van der Waals surface area contributed by atoms with Crippen LogP contribution in [0.1, 0.15) is 18.9 Å². The highest BCUT2D eigenvalue weighted by molar-refractivity contribution is 5.75. The molecule has 15 heavy (non-hydrogen) atoms. The molecule has 2 aromatic rings. The average Bonchev–Trinajstić information content (AvgIpc) is 2.74. The molecule has 1 aliphatic rings. The Morgan fingerprint density at radius 3 is 3.00 bits per heavy atom. The van der Waals surface area contributed by atoms with E-state index in [1.165, 1.54) is 18.4 Å². The first-order valence-electron chi connectivity index (χ1n) is 5.57. The van der Waals surface area contributed by atoms with E-state index in [1.54, 1.807) is 0 Å². The van der Waals surface area contributed by atoms with E-state index in [1.807, 2.05) is 12.3 Å². The first-order valence-corrected chi connectivity index (χ1v) is 5.57. The fraction of sp³-hybridized carbons (Fsp3) is 0.417. The number of nitrogens with zero attached hydrogens (tertiary/aromatic N) is 2. The van der Waals surface area contributed by atoms with Crippen LogP contribution < -0.4 is 5.32 Å². The van der Waals surface area contributed by atoms with Crippen LogP contribution in [0.15, 0.2) is 30.6 Å². The Labute approximate surface area is 89.1 Å². The van der Waals surface area contributed by atoms with Gasteiger partial charge in [-0.15, -0.1) is 0 Å². The van der Waals surface area contributed by atoms with Gasteiger partial charge >= 0.3 is 0 Å². The molecule has 0 spiro atoms. The summed E-state index contributed by atoms with van der Waals surface area (Å²) in [4.78, 5) is 4.36. The van der Waals surface area contributed by atoms with Crippen molar-refractivity contribution in [1.29, 1.82) is 0 Å². The van der Waals surface area contributed by atoms with Gasteiger partial charge in [0.05, 0.1) is 11.0 Å². The minimum Gasteiger partial charge on any atom is -0.343 e. The molecule has 0 bridgehead atoms. The van der Waals surface area contributed by atoms with Crippen molar-refractivity contribution in [1.82, 2.24) is 14.9 Å². The van der Waals surface area contributed by atoms with Gasteiger partial charge in [-0.2, -0.15) is 0 Å². The number of piperidine rings is 1. The van der Waals surface area contributed by atoms with Crippen molar-refractivity contribution in [2.45, 2.75) is 18.9 Å². The lowest BCUT2D eigenvalue weighted by atomic mass is 10.1. The molecule has 0 aromatic carbocycles. The second-order valence-corrected chi connectivity index (χ2v) is 4.11. The Morgan fingerprint density at radius 1 is 1.27 bits per heavy atom. The summed E-state index contributed by atoms with van der Waals surface area (Å²) in [5, 5.41) is 3.40. The van der Waals surface area contributed by atoms with Crippen LogP contribution in [0.5, 0.6) is 0 Å². The quantitative estimate of drug-likeness (QED) is 0.764. The number of fused-ring (bicyclic) bond motifs is 1. The minimum absolute atomic E-state index is 0.646. The van der Waals surface area contributed by atoms with Gasteiger partial charge < -0.3 is 9.88 Å². The smallest absolute Gasteiger partial charge is 0.0880 e. The average molecular weight is 201 g/mol. The van der Waals surface area contributed by atoms with Crippen LogP contribution in [0.4, 0.5) is 0 Å². The second kappa shape index (κ2) is 3.66. The van der Waals surface area contributed by atoms with Crippen molar-refractivity contribution < 1.29 is 0 Å². The van der Waals surface area contributed by atoms with E-state index < -0.39 is 0 Å². The van der Waals surface area contributed by atoms with Crippen molar-refractivity contribution in [3.05, 3.63) is 30.6 Å². The maximum Gasteiger partial charge on any atom is 0.0880 e. The predicted molar refractivity (Wildman–Crippen MR) is 60.9 cm³/mol. The normalized spacial score (nSPS) is 18.4. The highest BCUT2D eigenvalue weighted by Crippen LogP contribution is 2.24. The topological polar surface area (TPSA) is 29.9 Å². The van der Waals surface area contributed by atoms with Crippen molar-refractivity contribution in [3.8, 4) is 0 Å². The number of nitrogens with one attached hydrogen (secondary N) is 1.